The predicted octanol–water partition coefficient (Wildman–Crippen LogP) is 1.82. The molecule has 0 fully saturated rings. The van der Waals surface area contributed by atoms with E-state index < -0.39 is 0 Å². The van der Waals surface area contributed by atoms with E-state index in [9.17, 15) is 4.79 Å². The molecule has 1 aromatic rings. The van der Waals surface area contributed by atoms with E-state index in [2.05, 4.69) is 10.6 Å². The van der Waals surface area contributed by atoms with Gasteiger partial charge in [-0.05, 0) is 24.6 Å². The number of carbonyl (C=O) groups is 1. The molecule has 0 unspecified atom stereocenters. The first-order valence-corrected chi connectivity index (χ1v) is 6.17. The largest absolute Gasteiger partial charge is 0.375 e. The molecule has 2 N–H and O–H groups in total. The molecule has 0 aliphatic rings. The Morgan fingerprint density at radius 3 is 2.23 bits per heavy atom. The van der Waals surface area contributed by atoms with Crippen LogP contribution in [0.4, 0.5) is 11.4 Å². The van der Waals surface area contributed by atoms with Crippen molar-refractivity contribution in [2.24, 2.45) is 0 Å². The zero-order chi connectivity index (χ0) is 16.5. The van der Waals surface area contributed by atoms with Crippen LogP contribution in [0.25, 0.3) is 0 Å². The molecule has 0 heterocycles. The topological polar surface area (TPSA) is 122 Å². The molecule has 0 saturated heterocycles. The minimum atomic E-state index is -0.312. The molecular weight excluding hydrogens is 282 g/mol. The zero-order valence-electron chi connectivity index (χ0n) is 12.1. The molecule has 0 radical (unpaired) electrons. The van der Waals surface area contributed by atoms with Gasteiger partial charge in [0.05, 0.1) is 0 Å². The van der Waals surface area contributed by atoms with Crippen LogP contribution in [0.1, 0.15) is 5.56 Å². The summed E-state index contributed by atoms with van der Waals surface area (Å²) in [6.07, 6.45) is 0. The Morgan fingerprint density at radius 1 is 1.14 bits per heavy atom. The Kier molecular flexibility index (Phi) is 6.12. The van der Waals surface area contributed by atoms with Crippen molar-refractivity contribution in [3.8, 4) is 18.2 Å². The number of amides is 1. The van der Waals surface area contributed by atoms with Gasteiger partial charge < -0.3 is 15.4 Å². The average Bonchev–Trinajstić information content (AvgIpc) is 2.51. The lowest BCUT2D eigenvalue weighted by molar-refractivity contribution is -0.119. The maximum absolute atomic E-state index is 11.6. The van der Waals surface area contributed by atoms with Crippen LogP contribution in [0, 0.1) is 40.9 Å². The first-order chi connectivity index (χ1) is 10.6. The van der Waals surface area contributed by atoms with E-state index in [1.807, 2.05) is 0 Å². The van der Waals surface area contributed by atoms with Crippen LogP contribution in [-0.2, 0) is 9.53 Å². The van der Waals surface area contributed by atoms with E-state index in [4.69, 9.17) is 20.5 Å². The number of hydrogen-bond donors (Lipinski definition) is 2. The van der Waals surface area contributed by atoms with Gasteiger partial charge in [-0.15, -0.1) is 0 Å². The number of ether oxygens (including phenoxy) is 1. The SMILES string of the molecule is COCC(=O)Nc1cccc(NC(C#N)=C(C#N)C#N)c1C. The summed E-state index contributed by atoms with van der Waals surface area (Å²) in [4.78, 5) is 11.6. The van der Waals surface area contributed by atoms with Gasteiger partial charge in [-0.2, -0.15) is 15.8 Å². The number of hydrogen-bond acceptors (Lipinski definition) is 6. The standard InChI is InChI=1S/C15H13N5O2/c1-10-12(19-14(8-18)11(6-16)7-17)4-3-5-13(10)20-15(21)9-22-2/h3-5,19H,9H2,1-2H3,(H,20,21). The van der Waals surface area contributed by atoms with Crippen LogP contribution in [-0.4, -0.2) is 19.6 Å². The van der Waals surface area contributed by atoms with Crippen LogP contribution in [0.3, 0.4) is 0 Å². The van der Waals surface area contributed by atoms with Gasteiger partial charge in [0.25, 0.3) is 0 Å². The van der Waals surface area contributed by atoms with Gasteiger partial charge in [0.2, 0.25) is 5.91 Å². The normalized spacial score (nSPS) is 8.86. The van der Waals surface area contributed by atoms with E-state index >= 15 is 0 Å². The van der Waals surface area contributed by atoms with Crippen molar-refractivity contribution >= 4 is 17.3 Å². The van der Waals surface area contributed by atoms with Gasteiger partial charge in [0.15, 0.2) is 5.57 Å². The van der Waals surface area contributed by atoms with E-state index in [1.54, 1.807) is 43.3 Å². The van der Waals surface area contributed by atoms with Crippen LogP contribution in [0.2, 0.25) is 0 Å². The summed E-state index contributed by atoms with van der Waals surface area (Å²) < 4.78 is 4.74. The predicted molar refractivity (Wildman–Crippen MR) is 79.2 cm³/mol. The summed E-state index contributed by atoms with van der Waals surface area (Å²) in [7, 11) is 1.42. The number of anilines is 2. The van der Waals surface area contributed by atoms with E-state index in [1.165, 1.54) is 7.11 Å². The molecule has 22 heavy (non-hydrogen) atoms. The van der Waals surface area contributed by atoms with Crippen molar-refractivity contribution in [2.45, 2.75) is 6.92 Å². The number of nitriles is 3. The first-order valence-electron chi connectivity index (χ1n) is 6.17. The third kappa shape index (κ3) is 4.08. The highest BCUT2D eigenvalue weighted by atomic mass is 16.5. The molecule has 0 aliphatic carbocycles. The average molecular weight is 295 g/mol. The number of nitrogens with zero attached hydrogens (tertiary/aromatic N) is 3. The summed E-state index contributed by atoms with van der Waals surface area (Å²) in [6, 6.07) is 10.1. The number of methoxy groups -OCH3 is 1. The molecule has 0 aromatic heterocycles. The first kappa shape index (κ1) is 16.7. The third-order valence-electron chi connectivity index (χ3n) is 2.73. The van der Waals surface area contributed by atoms with Crippen molar-refractivity contribution in [3.05, 3.63) is 35.0 Å². The number of rotatable bonds is 5. The quantitative estimate of drug-likeness (QED) is 0.799. The molecule has 0 atom stereocenters. The van der Waals surface area contributed by atoms with Crippen molar-refractivity contribution in [3.63, 3.8) is 0 Å². The molecule has 7 heteroatoms. The van der Waals surface area contributed by atoms with Gasteiger partial charge in [-0.3, -0.25) is 4.79 Å². The van der Waals surface area contributed by atoms with Crippen LogP contribution >= 0.6 is 0 Å². The van der Waals surface area contributed by atoms with Crippen LogP contribution < -0.4 is 10.6 Å². The number of benzene rings is 1. The lowest BCUT2D eigenvalue weighted by Crippen LogP contribution is -2.18. The van der Waals surface area contributed by atoms with Gasteiger partial charge >= 0.3 is 0 Å². The van der Waals surface area contributed by atoms with E-state index in [-0.39, 0.29) is 23.8 Å². The molecule has 1 aromatic carbocycles. The fourth-order valence-electron chi connectivity index (χ4n) is 1.64. The molecule has 1 rings (SSSR count). The minimum Gasteiger partial charge on any atom is -0.375 e. The second-order valence-electron chi connectivity index (χ2n) is 4.17. The zero-order valence-corrected chi connectivity index (χ0v) is 12.1. The smallest absolute Gasteiger partial charge is 0.250 e. The molecule has 110 valence electrons. The number of carbonyl (C=O) groups excluding carboxylic acids is 1. The molecule has 0 saturated carbocycles. The third-order valence-corrected chi connectivity index (χ3v) is 2.73. The molecule has 0 spiro atoms. The molecule has 1 amide bonds. The Morgan fingerprint density at radius 2 is 1.73 bits per heavy atom. The Labute approximate surface area is 128 Å². The lowest BCUT2D eigenvalue weighted by atomic mass is 10.1. The Hall–Kier alpha value is -3.34. The Bertz CT molecular complexity index is 716. The molecular formula is C15H13N5O2. The summed E-state index contributed by atoms with van der Waals surface area (Å²) in [6.45, 7) is 1.66. The summed E-state index contributed by atoms with van der Waals surface area (Å²) in [5, 5.41) is 32.1. The van der Waals surface area contributed by atoms with Crippen molar-refractivity contribution < 1.29 is 9.53 Å². The van der Waals surface area contributed by atoms with Crippen molar-refractivity contribution in [1.29, 1.82) is 15.8 Å². The van der Waals surface area contributed by atoms with Crippen LogP contribution in [0.15, 0.2) is 29.5 Å². The second kappa shape index (κ2) is 8.06. The minimum absolute atomic E-state index is 0.0759. The fraction of sp³-hybridized carbons (Fsp3) is 0.200. The highest BCUT2D eigenvalue weighted by Crippen LogP contribution is 2.25. The number of allylic oxidation sites excluding steroid dienone is 2. The summed E-state index contributed by atoms with van der Waals surface area (Å²) in [5.41, 5.74) is 1.26. The maximum Gasteiger partial charge on any atom is 0.250 e. The number of nitrogens with one attached hydrogen (secondary N) is 2. The van der Waals surface area contributed by atoms with Gasteiger partial charge in [0, 0.05) is 18.5 Å². The van der Waals surface area contributed by atoms with E-state index in [0.717, 1.165) is 0 Å². The molecule has 0 aliphatic heterocycles. The Balaban J connectivity index is 3.12. The molecule has 0 bridgehead atoms. The van der Waals surface area contributed by atoms with Crippen molar-refractivity contribution in [1.82, 2.24) is 0 Å². The molecule has 7 nitrogen and oxygen atoms in total. The summed E-state index contributed by atoms with van der Waals surface area (Å²) >= 11 is 0. The van der Waals surface area contributed by atoms with Crippen LogP contribution in [0.5, 0.6) is 0 Å². The van der Waals surface area contributed by atoms with E-state index in [0.29, 0.717) is 16.9 Å². The van der Waals surface area contributed by atoms with Crippen molar-refractivity contribution in [2.75, 3.05) is 24.4 Å². The van der Waals surface area contributed by atoms with Gasteiger partial charge in [0.1, 0.15) is 30.5 Å². The maximum atomic E-state index is 11.6. The second-order valence-corrected chi connectivity index (χ2v) is 4.17. The van der Waals surface area contributed by atoms with Gasteiger partial charge in [-0.1, -0.05) is 6.07 Å². The summed E-state index contributed by atoms with van der Waals surface area (Å²) in [5.74, 6) is -0.312. The lowest BCUT2D eigenvalue weighted by Gasteiger charge is -2.13. The van der Waals surface area contributed by atoms with Gasteiger partial charge in [-0.25, -0.2) is 0 Å². The highest BCUT2D eigenvalue weighted by molar-refractivity contribution is 5.93. The fourth-order valence-corrected chi connectivity index (χ4v) is 1.64. The monoisotopic (exact) mass is 295 g/mol. The highest BCUT2D eigenvalue weighted by Gasteiger charge is 2.11.